The first-order valence-electron chi connectivity index (χ1n) is 18.4. The zero-order valence-electron chi connectivity index (χ0n) is 29.8. The maximum atomic E-state index is 5.32. The highest BCUT2D eigenvalue weighted by atomic mass is 32.1. The molecule has 0 radical (unpaired) electrons. The zero-order chi connectivity index (χ0) is 36.6. The predicted octanol–water partition coefficient (Wildman–Crippen LogP) is 13.9. The quantitative estimate of drug-likeness (QED) is 0.165. The van der Waals surface area contributed by atoms with E-state index in [4.69, 9.17) is 15.0 Å². The maximum absolute atomic E-state index is 5.32. The highest BCUT2D eigenvalue weighted by molar-refractivity contribution is 7.24. The molecule has 7 aromatic carbocycles. The van der Waals surface area contributed by atoms with Gasteiger partial charge in [-0.3, -0.25) is 0 Å². The second kappa shape index (κ2) is 14.1. The fraction of sp³-hybridized carbons (Fsp3) is 0. The van der Waals surface area contributed by atoms with Crippen molar-refractivity contribution in [1.82, 2.24) is 15.0 Å². The molecule has 0 N–H and O–H groups in total. The van der Waals surface area contributed by atoms with E-state index in [-0.39, 0.29) is 0 Å². The summed E-state index contributed by atoms with van der Waals surface area (Å²) in [5.74, 6) is 0.699. The van der Waals surface area contributed by atoms with E-state index in [2.05, 4.69) is 176 Å². The monoisotopic (exact) mass is 719 g/mol. The molecule has 10 rings (SSSR count). The first-order chi connectivity index (χ1) is 27.3. The summed E-state index contributed by atoms with van der Waals surface area (Å²) in [6.07, 6.45) is 0. The number of para-hydroxylation sites is 1. The average Bonchev–Trinajstić information content (AvgIpc) is 3.68. The molecule has 0 fully saturated rings. The van der Waals surface area contributed by atoms with Crippen molar-refractivity contribution in [3.63, 3.8) is 0 Å². The van der Waals surface area contributed by atoms with Crippen LogP contribution in [0.25, 0.3) is 98.8 Å². The van der Waals surface area contributed by atoms with Crippen LogP contribution in [0.15, 0.2) is 200 Å². The van der Waals surface area contributed by atoms with Gasteiger partial charge in [0, 0.05) is 48.2 Å². The van der Waals surface area contributed by atoms with Gasteiger partial charge in [-0.1, -0.05) is 188 Å². The summed E-state index contributed by atoms with van der Waals surface area (Å²) in [5, 5.41) is 2.34. The summed E-state index contributed by atoms with van der Waals surface area (Å²) >= 11 is 1.85. The Balaban J connectivity index is 1.13. The molecule has 55 heavy (non-hydrogen) atoms. The van der Waals surface area contributed by atoms with Crippen molar-refractivity contribution in [1.29, 1.82) is 0 Å². The van der Waals surface area contributed by atoms with Gasteiger partial charge in [0.15, 0.2) is 5.82 Å². The van der Waals surface area contributed by atoms with E-state index >= 15 is 0 Å². The predicted molar refractivity (Wildman–Crippen MR) is 231 cm³/mol. The summed E-state index contributed by atoms with van der Waals surface area (Å²) in [6, 6.07) is 70.1. The molecule has 10 aromatic rings. The molecule has 4 heteroatoms. The van der Waals surface area contributed by atoms with Crippen LogP contribution in [0, 0.1) is 0 Å². The van der Waals surface area contributed by atoms with Gasteiger partial charge < -0.3 is 0 Å². The number of hydrogen-bond donors (Lipinski definition) is 0. The summed E-state index contributed by atoms with van der Waals surface area (Å²) in [5.41, 5.74) is 13.8. The first-order valence-corrected chi connectivity index (χ1v) is 19.3. The molecule has 0 atom stereocenters. The molecular weight excluding hydrogens is 687 g/mol. The van der Waals surface area contributed by atoms with E-state index in [1.165, 1.54) is 42.6 Å². The summed E-state index contributed by atoms with van der Waals surface area (Å²) in [6.45, 7) is 0. The van der Waals surface area contributed by atoms with Crippen molar-refractivity contribution >= 4 is 32.3 Å². The molecule has 0 bridgehead atoms. The van der Waals surface area contributed by atoms with E-state index in [0.29, 0.717) is 5.82 Å². The lowest BCUT2D eigenvalue weighted by Crippen LogP contribution is -1.96. The van der Waals surface area contributed by atoms with Crippen LogP contribution in [-0.2, 0) is 0 Å². The van der Waals surface area contributed by atoms with Crippen molar-refractivity contribution in [2.24, 2.45) is 0 Å². The molecule has 3 heterocycles. The van der Waals surface area contributed by atoms with Gasteiger partial charge in [0.1, 0.15) is 0 Å². The van der Waals surface area contributed by atoms with E-state index in [0.717, 1.165) is 50.4 Å². The minimum Gasteiger partial charge on any atom is -0.247 e. The lowest BCUT2D eigenvalue weighted by atomic mass is 9.94. The summed E-state index contributed by atoms with van der Waals surface area (Å²) < 4.78 is 1.24. The van der Waals surface area contributed by atoms with Gasteiger partial charge in [0.05, 0.1) is 22.6 Å². The molecule has 258 valence electrons. The van der Waals surface area contributed by atoms with Crippen LogP contribution in [-0.4, -0.2) is 15.0 Å². The van der Waals surface area contributed by atoms with E-state index in [1.807, 2.05) is 35.6 Å². The van der Waals surface area contributed by atoms with Gasteiger partial charge in [-0.25, -0.2) is 15.0 Å². The van der Waals surface area contributed by atoms with Crippen LogP contribution >= 0.6 is 11.3 Å². The number of pyridine rings is 1. The maximum Gasteiger partial charge on any atom is 0.160 e. The molecule has 0 saturated carbocycles. The van der Waals surface area contributed by atoms with Crippen LogP contribution < -0.4 is 0 Å². The summed E-state index contributed by atoms with van der Waals surface area (Å²) in [4.78, 5) is 16.8. The van der Waals surface area contributed by atoms with Crippen LogP contribution in [0.2, 0.25) is 0 Å². The fourth-order valence-corrected chi connectivity index (χ4v) is 8.75. The van der Waals surface area contributed by atoms with Gasteiger partial charge in [0.25, 0.3) is 0 Å². The van der Waals surface area contributed by atoms with Gasteiger partial charge in [-0.05, 0) is 34.4 Å². The third-order valence-corrected chi connectivity index (χ3v) is 11.4. The van der Waals surface area contributed by atoms with E-state index in [1.54, 1.807) is 0 Å². The molecule has 3 aromatic heterocycles. The van der Waals surface area contributed by atoms with Crippen LogP contribution in [0.4, 0.5) is 0 Å². The highest BCUT2D eigenvalue weighted by Crippen LogP contribution is 2.50. The molecule has 0 spiro atoms. The van der Waals surface area contributed by atoms with E-state index in [9.17, 15) is 0 Å². The Kier molecular flexibility index (Phi) is 8.36. The molecule has 0 saturated heterocycles. The van der Waals surface area contributed by atoms with Crippen molar-refractivity contribution in [2.75, 3.05) is 0 Å². The second-order valence-electron chi connectivity index (χ2n) is 13.6. The Labute approximate surface area is 323 Å². The largest absolute Gasteiger partial charge is 0.247 e. The van der Waals surface area contributed by atoms with Gasteiger partial charge in [-0.15, -0.1) is 11.3 Å². The van der Waals surface area contributed by atoms with Crippen LogP contribution in [0.1, 0.15) is 0 Å². The van der Waals surface area contributed by atoms with Crippen molar-refractivity contribution in [3.8, 4) is 77.9 Å². The molecule has 0 aliphatic rings. The third kappa shape index (κ3) is 6.19. The lowest BCUT2D eigenvalue weighted by molar-refractivity contribution is 1.18. The molecule has 0 aliphatic carbocycles. The normalized spacial score (nSPS) is 11.3. The van der Waals surface area contributed by atoms with E-state index < -0.39 is 0 Å². The Morgan fingerprint density at radius 3 is 1.40 bits per heavy atom. The third-order valence-electron chi connectivity index (χ3n) is 10.1. The molecule has 0 amide bonds. The number of rotatable bonds is 7. The highest BCUT2D eigenvalue weighted by Gasteiger charge is 2.23. The van der Waals surface area contributed by atoms with Crippen molar-refractivity contribution in [2.45, 2.75) is 0 Å². The number of thiophene rings is 1. The first kappa shape index (κ1) is 32.6. The molecular formula is C51H33N3S. The molecule has 0 unspecified atom stereocenters. The topological polar surface area (TPSA) is 38.7 Å². The minimum atomic E-state index is 0.699. The number of benzene rings is 7. The fourth-order valence-electron chi connectivity index (χ4n) is 7.39. The van der Waals surface area contributed by atoms with Gasteiger partial charge in [-0.2, -0.15) is 0 Å². The lowest BCUT2D eigenvalue weighted by Gasteiger charge is -2.12. The Hall–Kier alpha value is -7.01. The SMILES string of the molecule is c1ccc(-c2ccc(-c3cc(-c4ccc(-c5c(-c6ccccc6)sc6c5c(-c5ccccc5)nc5ccccc56)cc4)nc(-c4ccccc4)n3)cc2)cc1. The average molecular weight is 720 g/mol. The smallest absolute Gasteiger partial charge is 0.160 e. The number of nitrogens with zero attached hydrogens (tertiary/aromatic N) is 3. The standard InChI is InChI=1S/C51H33N3S/c1-5-15-34(16-6-1)35-25-27-36(28-26-35)44-33-45(54-51(53-44)41-21-11-4-12-22-41)37-29-31-38(32-30-37)46-47-48(39-17-7-2-8-18-39)52-43-24-14-13-23-42(43)50(47)55-49(46)40-19-9-3-10-20-40/h1-33H. The Morgan fingerprint density at radius 2 is 0.800 bits per heavy atom. The number of hydrogen-bond acceptors (Lipinski definition) is 4. The Morgan fingerprint density at radius 1 is 0.345 bits per heavy atom. The van der Waals surface area contributed by atoms with Crippen LogP contribution in [0.3, 0.4) is 0 Å². The van der Waals surface area contributed by atoms with Crippen molar-refractivity contribution < 1.29 is 0 Å². The molecule has 0 aliphatic heterocycles. The summed E-state index contributed by atoms with van der Waals surface area (Å²) in [7, 11) is 0. The zero-order valence-corrected chi connectivity index (χ0v) is 30.6. The minimum absolute atomic E-state index is 0.699. The number of aromatic nitrogens is 3. The van der Waals surface area contributed by atoms with Gasteiger partial charge in [0.2, 0.25) is 0 Å². The Bertz CT molecular complexity index is 2920. The van der Waals surface area contributed by atoms with Crippen LogP contribution in [0.5, 0.6) is 0 Å². The van der Waals surface area contributed by atoms with Crippen molar-refractivity contribution in [3.05, 3.63) is 200 Å². The number of fused-ring (bicyclic) bond motifs is 3. The molecule has 3 nitrogen and oxygen atoms in total. The van der Waals surface area contributed by atoms with Gasteiger partial charge >= 0.3 is 0 Å². The second-order valence-corrected chi connectivity index (χ2v) is 14.6.